The summed E-state index contributed by atoms with van der Waals surface area (Å²) >= 11 is 1.52. The highest BCUT2D eigenvalue weighted by atomic mass is 32.1. The molecule has 3 fully saturated rings. The first kappa shape index (κ1) is 35.6. The van der Waals surface area contributed by atoms with E-state index in [9.17, 15) is 19.2 Å². The second-order valence-electron chi connectivity index (χ2n) is 16.0. The second kappa shape index (κ2) is 13.7. The number of amides is 3. The van der Waals surface area contributed by atoms with Crippen LogP contribution in [0.25, 0.3) is 43.3 Å². The summed E-state index contributed by atoms with van der Waals surface area (Å²) in [6, 6.07) is 17.9. The Morgan fingerprint density at radius 2 is 1.72 bits per heavy atom. The molecule has 0 radical (unpaired) electrons. The number of hydrogen-bond acceptors (Lipinski definition) is 11. The van der Waals surface area contributed by atoms with Crippen LogP contribution in [0.4, 0.5) is 17.2 Å². The van der Waals surface area contributed by atoms with Crippen LogP contribution < -0.4 is 31.4 Å². The number of benzene rings is 2. The van der Waals surface area contributed by atoms with Gasteiger partial charge in [0.2, 0.25) is 11.8 Å². The Morgan fingerprint density at radius 3 is 2.51 bits per heavy atom. The highest BCUT2D eigenvalue weighted by Gasteiger charge is 2.33. The zero-order chi connectivity index (χ0) is 39.1. The van der Waals surface area contributed by atoms with Gasteiger partial charge in [-0.05, 0) is 74.9 Å². The van der Waals surface area contributed by atoms with Crippen LogP contribution in [-0.2, 0) is 16.6 Å². The number of imidazole rings is 1. The summed E-state index contributed by atoms with van der Waals surface area (Å²) in [7, 11) is 1.73. The number of nitrogens with zero attached hydrogens (tertiary/aromatic N) is 7. The Labute approximate surface area is 332 Å². The number of carbonyl (C=O) groups is 3. The lowest BCUT2D eigenvalue weighted by Crippen LogP contribution is -2.55. The van der Waals surface area contributed by atoms with Gasteiger partial charge in [0.25, 0.3) is 5.91 Å². The summed E-state index contributed by atoms with van der Waals surface area (Å²) in [5.74, 6) is 0.806. The minimum absolute atomic E-state index is 0.0275. The number of rotatable bonds is 6. The molecule has 15 heteroatoms. The molecule has 0 bridgehead atoms. The van der Waals surface area contributed by atoms with E-state index in [1.54, 1.807) is 11.6 Å². The molecule has 10 rings (SSSR count). The molecule has 0 spiro atoms. The zero-order valence-electron chi connectivity index (χ0n) is 32.2. The smallest absolute Gasteiger partial charge is 0.329 e. The lowest BCUT2D eigenvalue weighted by Gasteiger charge is -2.45. The number of anilines is 3. The van der Waals surface area contributed by atoms with E-state index in [0.717, 1.165) is 111 Å². The lowest BCUT2D eigenvalue weighted by molar-refractivity contribution is -0.135. The Balaban J connectivity index is 0.767. The van der Waals surface area contributed by atoms with Crippen molar-refractivity contribution in [3.05, 3.63) is 75.7 Å². The molecular formula is C42H44N10O4S. The van der Waals surface area contributed by atoms with Crippen molar-refractivity contribution >= 4 is 78.3 Å². The van der Waals surface area contributed by atoms with Crippen LogP contribution in [0.15, 0.2) is 59.4 Å². The predicted octanol–water partition coefficient (Wildman–Crippen LogP) is 4.25. The third-order valence-electron chi connectivity index (χ3n) is 12.2. The number of piperazine rings is 1. The molecule has 0 saturated carbocycles. The summed E-state index contributed by atoms with van der Waals surface area (Å²) in [5.41, 5.74) is 6.94. The van der Waals surface area contributed by atoms with Gasteiger partial charge in [0.05, 0.1) is 27.9 Å². The van der Waals surface area contributed by atoms with Gasteiger partial charge < -0.3 is 20.4 Å². The van der Waals surface area contributed by atoms with Gasteiger partial charge in [-0.15, -0.1) is 11.3 Å². The minimum atomic E-state index is -0.684. The number of hydrogen-bond donors (Lipinski definition) is 3. The Morgan fingerprint density at radius 1 is 0.895 bits per heavy atom. The van der Waals surface area contributed by atoms with Crippen LogP contribution in [0.2, 0.25) is 0 Å². The minimum Gasteiger partial charge on any atom is -0.381 e. The van der Waals surface area contributed by atoms with E-state index in [2.05, 4.69) is 67.9 Å². The summed E-state index contributed by atoms with van der Waals surface area (Å²) in [5, 5.41) is 11.0. The van der Waals surface area contributed by atoms with Crippen molar-refractivity contribution in [2.45, 2.75) is 38.8 Å². The molecule has 8 heterocycles. The molecule has 6 aromatic rings. The molecular weight excluding hydrogens is 741 g/mol. The average molecular weight is 785 g/mol. The SMILES string of the molecule is Cc1nc(N2CCN(CC3CN(c4ccc5c(c4)n(C)c(=O)n5C4CCC(=O)NC4=O)C3)CC2)ccc1-c1ccc2c(ccc3sc4c(c32)NC[C@@H](C)NC4=O)n1. The highest BCUT2D eigenvalue weighted by Crippen LogP contribution is 2.41. The van der Waals surface area contributed by atoms with Crippen LogP contribution in [0, 0.1) is 12.8 Å². The van der Waals surface area contributed by atoms with E-state index >= 15 is 0 Å². The van der Waals surface area contributed by atoms with E-state index < -0.39 is 11.9 Å². The van der Waals surface area contributed by atoms with Gasteiger partial charge in [-0.1, -0.05) is 0 Å². The number of aromatic nitrogens is 4. The molecule has 3 amide bonds. The maximum absolute atomic E-state index is 13.2. The fourth-order valence-corrected chi connectivity index (χ4v) is 10.2. The number of piperidine rings is 1. The standard InChI is InChI=1S/C42H44N10O4S/c1-23-19-43-38-37-28-5-7-29(46-30(28)8-11-34(37)57-39(38)41(55)44-23)27-6-12-35(45-24(27)2)50-16-14-49(15-17-50)20-25-21-51(22-25)26-4-9-31-33(18-26)48(3)42(56)52(31)32-10-13-36(53)47-40(32)54/h4-9,11-12,18,23,25,32,43H,10,13-17,19-22H2,1-3H3,(H,44,55)(H,47,53,54)/t23-,32?/m1/s1. The number of pyridine rings is 2. The largest absolute Gasteiger partial charge is 0.381 e. The zero-order valence-corrected chi connectivity index (χ0v) is 33.0. The topological polar surface area (TPSA) is 150 Å². The van der Waals surface area contributed by atoms with Crippen LogP contribution in [-0.4, -0.2) is 100 Å². The van der Waals surface area contributed by atoms with E-state index in [0.29, 0.717) is 24.4 Å². The molecule has 4 aliphatic heterocycles. The van der Waals surface area contributed by atoms with Crippen molar-refractivity contribution in [2.24, 2.45) is 13.0 Å². The Hall–Kier alpha value is -5.80. The van der Waals surface area contributed by atoms with Gasteiger partial charge in [0.1, 0.15) is 16.7 Å². The number of fused-ring (bicyclic) bond motifs is 6. The van der Waals surface area contributed by atoms with Crippen LogP contribution in [0.1, 0.15) is 41.2 Å². The van der Waals surface area contributed by atoms with Crippen molar-refractivity contribution in [2.75, 3.05) is 67.5 Å². The van der Waals surface area contributed by atoms with Crippen molar-refractivity contribution in [3.63, 3.8) is 0 Å². The molecule has 14 nitrogen and oxygen atoms in total. The average Bonchev–Trinajstić information content (AvgIpc) is 3.64. The first-order chi connectivity index (χ1) is 27.6. The Bertz CT molecular complexity index is 2700. The van der Waals surface area contributed by atoms with Gasteiger partial charge in [0.15, 0.2) is 0 Å². The van der Waals surface area contributed by atoms with E-state index in [4.69, 9.17) is 9.97 Å². The summed E-state index contributed by atoms with van der Waals surface area (Å²) in [6.45, 7) is 11.5. The molecule has 2 aromatic carbocycles. The normalized spacial score (nSPS) is 20.7. The molecule has 4 aromatic heterocycles. The van der Waals surface area contributed by atoms with Gasteiger partial charge in [-0.25, -0.2) is 14.8 Å². The third kappa shape index (κ3) is 6.11. The molecule has 1 unspecified atom stereocenters. The quantitative estimate of drug-likeness (QED) is 0.209. The lowest BCUT2D eigenvalue weighted by atomic mass is 9.98. The fourth-order valence-electron chi connectivity index (χ4n) is 9.07. The Kier molecular flexibility index (Phi) is 8.55. The van der Waals surface area contributed by atoms with Crippen LogP contribution in [0.5, 0.6) is 0 Å². The van der Waals surface area contributed by atoms with Crippen molar-refractivity contribution in [1.82, 2.24) is 34.6 Å². The third-order valence-corrected chi connectivity index (χ3v) is 13.3. The molecule has 57 heavy (non-hydrogen) atoms. The maximum Gasteiger partial charge on any atom is 0.329 e. The van der Waals surface area contributed by atoms with Crippen molar-refractivity contribution in [3.8, 4) is 11.3 Å². The van der Waals surface area contributed by atoms with E-state index in [1.807, 2.05) is 31.2 Å². The number of aryl methyl sites for hydroxylation is 2. The van der Waals surface area contributed by atoms with E-state index in [1.165, 1.54) is 15.9 Å². The van der Waals surface area contributed by atoms with E-state index in [-0.39, 0.29) is 30.0 Å². The number of thiophene rings is 1. The first-order valence-corrected chi connectivity index (χ1v) is 20.6. The fraction of sp³-hybridized carbons (Fsp3) is 0.381. The molecule has 2 atom stereocenters. The second-order valence-corrected chi connectivity index (χ2v) is 17.0. The molecule has 0 aliphatic carbocycles. The summed E-state index contributed by atoms with van der Waals surface area (Å²) in [6.07, 6.45) is 0.545. The molecule has 3 saturated heterocycles. The summed E-state index contributed by atoms with van der Waals surface area (Å²) in [4.78, 5) is 68.5. The highest BCUT2D eigenvalue weighted by molar-refractivity contribution is 7.21. The van der Waals surface area contributed by atoms with Gasteiger partial charge >= 0.3 is 5.69 Å². The number of carbonyl (C=O) groups excluding carboxylic acids is 3. The van der Waals surface area contributed by atoms with Gasteiger partial charge in [0, 0.05) is 110 Å². The maximum atomic E-state index is 13.2. The van der Waals surface area contributed by atoms with Crippen molar-refractivity contribution in [1.29, 1.82) is 0 Å². The van der Waals surface area contributed by atoms with Gasteiger partial charge in [-0.2, -0.15) is 0 Å². The molecule has 3 N–H and O–H groups in total. The van der Waals surface area contributed by atoms with Crippen LogP contribution in [0.3, 0.4) is 0 Å². The van der Waals surface area contributed by atoms with Crippen molar-refractivity contribution < 1.29 is 14.4 Å². The predicted molar refractivity (Wildman–Crippen MR) is 223 cm³/mol. The number of imide groups is 1. The van der Waals surface area contributed by atoms with Crippen LogP contribution >= 0.6 is 11.3 Å². The monoisotopic (exact) mass is 784 g/mol. The molecule has 4 aliphatic rings. The number of nitrogens with one attached hydrogen (secondary N) is 3. The summed E-state index contributed by atoms with van der Waals surface area (Å²) < 4.78 is 4.20. The first-order valence-electron chi connectivity index (χ1n) is 19.8. The molecule has 292 valence electrons. The van der Waals surface area contributed by atoms with Gasteiger partial charge in [-0.3, -0.25) is 33.7 Å².